The van der Waals surface area contributed by atoms with Gasteiger partial charge in [-0.3, -0.25) is 0 Å². The summed E-state index contributed by atoms with van der Waals surface area (Å²) < 4.78 is 5.43. The van der Waals surface area contributed by atoms with Gasteiger partial charge in [0.1, 0.15) is 0 Å². The second-order valence-corrected chi connectivity index (χ2v) is 3.29. The minimum absolute atomic E-state index is 0.320. The second kappa shape index (κ2) is 4.97. The standard InChI is InChI=1S/C9H17N3O/c1-4-10-6-5-8-11-12-9(13-8)7(2)3/h7,10H,4-6H2,1-3H3. The zero-order valence-corrected chi connectivity index (χ0v) is 8.50. The van der Waals surface area contributed by atoms with Crippen LogP contribution < -0.4 is 5.32 Å². The van der Waals surface area contributed by atoms with Crippen LogP contribution in [0.4, 0.5) is 0 Å². The SMILES string of the molecule is CCNCCc1nnc(C(C)C)o1. The van der Waals surface area contributed by atoms with Crippen molar-refractivity contribution in [3.8, 4) is 0 Å². The summed E-state index contributed by atoms with van der Waals surface area (Å²) >= 11 is 0. The van der Waals surface area contributed by atoms with Gasteiger partial charge >= 0.3 is 0 Å². The van der Waals surface area contributed by atoms with Gasteiger partial charge in [0.25, 0.3) is 0 Å². The third-order valence-corrected chi connectivity index (χ3v) is 1.74. The van der Waals surface area contributed by atoms with Gasteiger partial charge in [0.2, 0.25) is 11.8 Å². The minimum atomic E-state index is 0.320. The van der Waals surface area contributed by atoms with E-state index in [1.54, 1.807) is 0 Å². The maximum absolute atomic E-state index is 5.43. The van der Waals surface area contributed by atoms with E-state index in [1.165, 1.54) is 0 Å². The molecular weight excluding hydrogens is 166 g/mol. The summed E-state index contributed by atoms with van der Waals surface area (Å²) in [5.74, 6) is 1.77. The van der Waals surface area contributed by atoms with Gasteiger partial charge in [-0.2, -0.15) is 0 Å². The molecule has 1 aromatic rings. The molecule has 0 aliphatic carbocycles. The summed E-state index contributed by atoms with van der Waals surface area (Å²) in [6, 6.07) is 0. The number of rotatable bonds is 5. The van der Waals surface area contributed by atoms with Gasteiger partial charge in [-0.1, -0.05) is 20.8 Å². The van der Waals surface area contributed by atoms with E-state index in [9.17, 15) is 0 Å². The van der Waals surface area contributed by atoms with Crippen molar-refractivity contribution in [3.63, 3.8) is 0 Å². The third-order valence-electron chi connectivity index (χ3n) is 1.74. The molecule has 0 atom stereocenters. The van der Waals surface area contributed by atoms with Crippen LogP contribution in [0.5, 0.6) is 0 Å². The van der Waals surface area contributed by atoms with Crippen LogP contribution in [0.2, 0.25) is 0 Å². The molecule has 4 heteroatoms. The van der Waals surface area contributed by atoms with Crippen LogP contribution in [0.1, 0.15) is 38.5 Å². The smallest absolute Gasteiger partial charge is 0.219 e. The van der Waals surface area contributed by atoms with Gasteiger partial charge < -0.3 is 9.73 Å². The van der Waals surface area contributed by atoms with Crippen molar-refractivity contribution >= 4 is 0 Å². The molecule has 1 N–H and O–H groups in total. The molecule has 0 unspecified atom stereocenters. The van der Waals surface area contributed by atoms with Crippen LogP contribution in [0.3, 0.4) is 0 Å². The molecule has 0 radical (unpaired) electrons. The average Bonchev–Trinajstić information content (AvgIpc) is 2.53. The Bertz CT molecular complexity index is 245. The Morgan fingerprint density at radius 2 is 2.15 bits per heavy atom. The highest BCUT2D eigenvalue weighted by molar-refractivity contribution is 4.87. The largest absolute Gasteiger partial charge is 0.425 e. The summed E-state index contributed by atoms with van der Waals surface area (Å²) in [7, 11) is 0. The van der Waals surface area contributed by atoms with E-state index >= 15 is 0 Å². The Morgan fingerprint density at radius 3 is 2.69 bits per heavy atom. The van der Waals surface area contributed by atoms with Crippen molar-refractivity contribution < 1.29 is 4.42 Å². The number of likely N-dealkylation sites (N-methyl/N-ethyl adjacent to an activating group) is 1. The molecule has 0 fully saturated rings. The molecular formula is C9H17N3O. The first-order valence-electron chi connectivity index (χ1n) is 4.77. The van der Waals surface area contributed by atoms with Gasteiger partial charge in [-0.15, -0.1) is 10.2 Å². The van der Waals surface area contributed by atoms with Crippen molar-refractivity contribution in [2.75, 3.05) is 13.1 Å². The summed E-state index contributed by atoms with van der Waals surface area (Å²) in [4.78, 5) is 0. The van der Waals surface area contributed by atoms with Gasteiger partial charge in [-0.25, -0.2) is 0 Å². The van der Waals surface area contributed by atoms with Crippen LogP contribution in [0.15, 0.2) is 4.42 Å². The summed E-state index contributed by atoms with van der Waals surface area (Å²) in [6.45, 7) is 8.04. The van der Waals surface area contributed by atoms with Crippen LogP contribution in [-0.4, -0.2) is 23.3 Å². The number of nitrogens with zero attached hydrogens (tertiary/aromatic N) is 2. The molecule has 4 nitrogen and oxygen atoms in total. The molecule has 13 heavy (non-hydrogen) atoms. The van der Waals surface area contributed by atoms with Gasteiger partial charge in [0, 0.05) is 18.9 Å². The monoisotopic (exact) mass is 183 g/mol. The molecule has 0 saturated heterocycles. The fourth-order valence-corrected chi connectivity index (χ4v) is 0.973. The molecule has 1 aromatic heterocycles. The number of aromatic nitrogens is 2. The van der Waals surface area contributed by atoms with Crippen LogP contribution >= 0.6 is 0 Å². The van der Waals surface area contributed by atoms with E-state index in [2.05, 4.69) is 22.4 Å². The van der Waals surface area contributed by atoms with Crippen molar-refractivity contribution in [3.05, 3.63) is 11.8 Å². The lowest BCUT2D eigenvalue weighted by Gasteiger charge is -1.97. The van der Waals surface area contributed by atoms with E-state index in [4.69, 9.17) is 4.42 Å². The van der Waals surface area contributed by atoms with Crippen molar-refractivity contribution in [2.24, 2.45) is 0 Å². The van der Waals surface area contributed by atoms with Gasteiger partial charge in [-0.05, 0) is 6.54 Å². The molecule has 0 amide bonds. The van der Waals surface area contributed by atoms with Crippen LogP contribution in [0.25, 0.3) is 0 Å². The number of nitrogens with one attached hydrogen (secondary N) is 1. The molecule has 0 spiro atoms. The van der Waals surface area contributed by atoms with E-state index in [-0.39, 0.29) is 0 Å². The summed E-state index contributed by atoms with van der Waals surface area (Å²) in [5.41, 5.74) is 0. The van der Waals surface area contributed by atoms with E-state index < -0.39 is 0 Å². The highest BCUT2D eigenvalue weighted by atomic mass is 16.4. The fourth-order valence-electron chi connectivity index (χ4n) is 0.973. The zero-order chi connectivity index (χ0) is 9.68. The topological polar surface area (TPSA) is 51.0 Å². The summed E-state index contributed by atoms with van der Waals surface area (Å²) in [6.07, 6.45) is 0.813. The normalized spacial score (nSPS) is 11.1. The Labute approximate surface area is 78.7 Å². The van der Waals surface area contributed by atoms with E-state index in [0.717, 1.165) is 31.3 Å². The molecule has 1 rings (SSSR count). The minimum Gasteiger partial charge on any atom is -0.425 e. The number of hydrogen-bond donors (Lipinski definition) is 1. The average molecular weight is 183 g/mol. The van der Waals surface area contributed by atoms with Gasteiger partial charge in [0.05, 0.1) is 0 Å². The third kappa shape index (κ3) is 3.14. The molecule has 0 aliphatic rings. The summed E-state index contributed by atoms with van der Waals surface area (Å²) in [5, 5.41) is 11.1. The van der Waals surface area contributed by atoms with Crippen molar-refractivity contribution in [1.82, 2.24) is 15.5 Å². The maximum atomic E-state index is 5.43. The fraction of sp³-hybridized carbons (Fsp3) is 0.778. The lowest BCUT2D eigenvalue weighted by molar-refractivity contribution is 0.428. The molecule has 0 bridgehead atoms. The Kier molecular flexibility index (Phi) is 3.89. The highest BCUT2D eigenvalue weighted by Gasteiger charge is 2.08. The van der Waals surface area contributed by atoms with Crippen LogP contribution in [-0.2, 0) is 6.42 Å². The molecule has 0 aliphatic heterocycles. The lowest BCUT2D eigenvalue weighted by Crippen LogP contribution is -2.16. The lowest BCUT2D eigenvalue weighted by atomic mass is 10.2. The first-order chi connectivity index (χ1) is 6.24. The Balaban J connectivity index is 2.40. The van der Waals surface area contributed by atoms with Crippen molar-refractivity contribution in [2.45, 2.75) is 33.1 Å². The second-order valence-electron chi connectivity index (χ2n) is 3.29. The molecule has 74 valence electrons. The first-order valence-corrected chi connectivity index (χ1v) is 4.77. The van der Waals surface area contributed by atoms with E-state index in [0.29, 0.717) is 5.92 Å². The zero-order valence-electron chi connectivity index (χ0n) is 8.50. The van der Waals surface area contributed by atoms with Crippen molar-refractivity contribution in [1.29, 1.82) is 0 Å². The van der Waals surface area contributed by atoms with E-state index in [1.807, 2.05) is 13.8 Å². The Hall–Kier alpha value is -0.900. The predicted molar refractivity (Wildman–Crippen MR) is 50.6 cm³/mol. The maximum Gasteiger partial charge on any atom is 0.219 e. The molecule has 1 heterocycles. The number of hydrogen-bond acceptors (Lipinski definition) is 4. The molecule has 0 aromatic carbocycles. The Morgan fingerprint density at radius 1 is 1.38 bits per heavy atom. The highest BCUT2D eigenvalue weighted by Crippen LogP contribution is 2.11. The predicted octanol–water partition coefficient (Wildman–Crippen LogP) is 1.34. The molecule has 0 saturated carbocycles. The van der Waals surface area contributed by atoms with Gasteiger partial charge in [0.15, 0.2) is 0 Å². The first kappa shape index (κ1) is 10.2. The van der Waals surface area contributed by atoms with Crippen LogP contribution in [0, 0.1) is 0 Å². The quantitative estimate of drug-likeness (QED) is 0.700.